The Morgan fingerprint density at radius 1 is 1.12 bits per heavy atom. The van der Waals surface area contributed by atoms with E-state index in [1.807, 2.05) is 31.2 Å². The predicted octanol–water partition coefficient (Wildman–Crippen LogP) is 2.84. The van der Waals surface area contributed by atoms with E-state index in [-0.39, 0.29) is 24.1 Å². The summed E-state index contributed by atoms with van der Waals surface area (Å²) in [7, 11) is 1.55. The van der Waals surface area contributed by atoms with E-state index in [9.17, 15) is 14.0 Å². The van der Waals surface area contributed by atoms with Crippen LogP contribution in [0.2, 0.25) is 0 Å². The molecule has 2 rings (SSSR count). The minimum absolute atomic E-state index is 0.119. The Labute approximate surface area is 147 Å². The number of carbonyl (C=O) groups is 2. The highest BCUT2D eigenvalue weighted by atomic mass is 19.1. The van der Waals surface area contributed by atoms with Gasteiger partial charge in [0.1, 0.15) is 11.9 Å². The average Bonchev–Trinajstić information content (AvgIpc) is 2.61. The summed E-state index contributed by atoms with van der Waals surface area (Å²) in [5.41, 5.74) is 2.77. The van der Waals surface area contributed by atoms with Gasteiger partial charge < -0.3 is 10.2 Å². The van der Waals surface area contributed by atoms with Gasteiger partial charge in [-0.3, -0.25) is 9.59 Å². The van der Waals surface area contributed by atoms with Crippen molar-refractivity contribution in [3.8, 4) is 0 Å². The van der Waals surface area contributed by atoms with E-state index in [2.05, 4.69) is 5.32 Å². The fraction of sp³-hybridized carbons (Fsp3) is 0.300. The molecule has 0 heterocycles. The number of hydrogen-bond donors (Lipinski definition) is 1. The third kappa shape index (κ3) is 4.89. The van der Waals surface area contributed by atoms with E-state index in [1.54, 1.807) is 31.0 Å². The number of benzene rings is 2. The summed E-state index contributed by atoms with van der Waals surface area (Å²) in [6, 6.07) is 13.0. The zero-order valence-electron chi connectivity index (χ0n) is 14.8. The summed E-state index contributed by atoms with van der Waals surface area (Å²) >= 11 is 0. The second-order valence-electron chi connectivity index (χ2n) is 6.04. The molecule has 0 radical (unpaired) electrons. The SMILES string of the molecule is CNC(=O)[C@@H](C)N(Cc1ccccc1C)C(=O)Cc1ccc(F)cc1. The second-order valence-corrected chi connectivity index (χ2v) is 6.04. The van der Waals surface area contributed by atoms with Gasteiger partial charge in [-0.2, -0.15) is 0 Å². The first-order chi connectivity index (χ1) is 11.9. The Bertz CT molecular complexity index is 744. The number of rotatable bonds is 6. The molecular formula is C20H23FN2O2. The van der Waals surface area contributed by atoms with Gasteiger partial charge in [-0.05, 0) is 42.7 Å². The first-order valence-electron chi connectivity index (χ1n) is 8.22. The third-order valence-corrected chi connectivity index (χ3v) is 4.28. The average molecular weight is 342 g/mol. The van der Waals surface area contributed by atoms with Gasteiger partial charge >= 0.3 is 0 Å². The van der Waals surface area contributed by atoms with Crippen molar-refractivity contribution in [2.45, 2.75) is 32.9 Å². The molecule has 0 unspecified atom stereocenters. The summed E-state index contributed by atoms with van der Waals surface area (Å²) in [6.07, 6.45) is 0.119. The summed E-state index contributed by atoms with van der Waals surface area (Å²) in [5, 5.41) is 2.59. The summed E-state index contributed by atoms with van der Waals surface area (Å²) in [6.45, 7) is 4.03. The van der Waals surface area contributed by atoms with Gasteiger partial charge in [-0.1, -0.05) is 36.4 Å². The molecule has 0 bridgehead atoms. The Morgan fingerprint density at radius 3 is 2.36 bits per heavy atom. The van der Waals surface area contributed by atoms with E-state index >= 15 is 0 Å². The van der Waals surface area contributed by atoms with Gasteiger partial charge in [0.15, 0.2) is 0 Å². The van der Waals surface area contributed by atoms with Crippen LogP contribution in [0, 0.1) is 12.7 Å². The smallest absolute Gasteiger partial charge is 0.242 e. The minimum atomic E-state index is -0.599. The van der Waals surface area contributed by atoms with Gasteiger partial charge in [0.05, 0.1) is 6.42 Å². The number of aryl methyl sites for hydroxylation is 1. The molecule has 0 aliphatic rings. The zero-order chi connectivity index (χ0) is 18.4. The van der Waals surface area contributed by atoms with Crippen molar-refractivity contribution in [3.05, 3.63) is 71.0 Å². The fourth-order valence-corrected chi connectivity index (χ4v) is 2.64. The highest BCUT2D eigenvalue weighted by molar-refractivity contribution is 5.88. The number of nitrogens with one attached hydrogen (secondary N) is 1. The number of halogens is 1. The van der Waals surface area contributed by atoms with E-state index in [1.165, 1.54) is 12.1 Å². The summed E-state index contributed by atoms with van der Waals surface area (Å²) in [4.78, 5) is 26.5. The molecule has 0 saturated heterocycles. The van der Waals surface area contributed by atoms with E-state index in [0.717, 1.165) is 11.1 Å². The molecule has 4 nitrogen and oxygen atoms in total. The summed E-state index contributed by atoms with van der Waals surface area (Å²) in [5.74, 6) is -0.737. The van der Waals surface area contributed by atoms with Crippen molar-refractivity contribution in [3.63, 3.8) is 0 Å². The van der Waals surface area contributed by atoms with Gasteiger partial charge in [0, 0.05) is 13.6 Å². The zero-order valence-corrected chi connectivity index (χ0v) is 14.8. The number of carbonyl (C=O) groups excluding carboxylic acids is 2. The Hall–Kier alpha value is -2.69. The van der Waals surface area contributed by atoms with Crippen molar-refractivity contribution >= 4 is 11.8 Å². The largest absolute Gasteiger partial charge is 0.357 e. The lowest BCUT2D eigenvalue weighted by Crippen LogP contribution is -2.47. The van der Waals surface area contributed by atoms with Crippen LogP contribution in [-0.4, -0.2) is 29.8 Å². The van der Waals surface area contributed by atoms with Gasteiger partial charge in [-0.15, -0.1) is 0 Å². The molecule has 0 aromatic heterocycles. The molecule has 2 aromatic rings. The lowest BCUT2D eigenvalue weighted by molar-refractivity contribution is -0.139. The molecular weight excluding hydrogens is 319 g/mol. The predicted molar refractivity (Wildman–Crippen MR) is 95.4 cm³/mol. The lowest BCUT2D eigenvalue weighted by atomic mass is 10.1. The van der Waals surface area contributed by atoms with Crippen molar-refractivity contribution in [2.75, 3.05) is 7.05 Å². The first-order valence-corrected chi connectivity index (χ1v) is 8.22. The summed E-state index contributed by atoms with van der Waals surface area (Å²) < 4.78 is 13.0. The Morgan fingerprint density at radius 2 is 1.76 bits per heavy atom. The molecule has 5 heteroatoms. The quantitative estimate of drug-likeness (QED) is 0.878. The van der Waals surface area contributed by atoms with Crippen LogP contribution < -0.4 is 5.32 Å². The monoisotopic (exact) mass is 342 g/mol. The molecule has 1 atom stereocenters. The first kappa shape index (κ1) is 18.6. The van der Waals surface area contributed by atoms with Crippen LogP contribution in [0.4, 0.5) is 4.39 Å². The Balaban J connectivity index is 2.23. The third-order valence-electron chi connectivity index (χ3n) is 4.28. The Kier molecular flexibility index (Phi) is 6.28. The molecule has 2 aromatic carbocycles. The van der Waals surface area contributed by atoms with Gasteiger partial charge in [0.25, 0.3) is 0 Å². The van der Waals surface area contributed by atoms with Crippen LogP contribution in [0.1, 0.15) is 23.6 Å². The molecule has 2 amide bonds. The van der Waals surface area contributed by atoms with Crippen LogP contribution >= 0.6 is 0 Å². The second kappa shape index (κ2) is 8.42. The number of hydrogen-bond acceptors (Lipinski definition) is 2. The van der Waals surface area contributed by atoms with Crippen molar-refractivity contribution in [1.82, 2.24) is 10.2 Å². The highest BCUT2D eigenvalue weighted by Crippen LogP contribution is 2.15. The van der Waals surface area contributed by atoms with Crippen LogP contribution in [0.3, 0.4) is 0 Å². The van der Waals surface area contributed by atoms with Crippen molar-refractivity contribution in [2.24, 2.45) is 0 Å². The van der Waals surface area contributed by atoms with E-state index in [0.29, 0.717) is 12.1 Å². The molecule has 0 spiro atoms. The van der Waals surface area contributed by atoms with Gasteiger partial charge in [0.2, 0.25) is 11.8 Å². The standard InChI is InChI=1S/C20H23FN2O2/c1-14-6-4-5-7-17(14)13-23(15(2)20(25)22-3)19(24)12-16-8-10-18(21)11-9-16/h4-11,15H,12-13H2,1-3H3,(H,22,25)/t15-/m1/s1. The fourth-order valence-electron chi connectivity index (χ4n) is 2.64. The van der Waals surface area contributed by atoms with Crippen molar-refractivity contribution < 1.29 is 14.0 Å². The topological polar surface area (TPSA) is 49.4 Å². The number of amides is 2. The normalized spacial score (nSPS) is 11.7. The van der Waals surface area contributed by atoms with Crippen LogP contribution in [0.5, 0.6) is 0 Å². The maximum absolute atomic E-state index is 13.0. The minimum Gasteiger partial charge on any atom is -0.357 e. The molecule has 25 heavy (non-hydrogen) atoms. The molecule has 1 N–H and O–H groups in total. The number of nitrogens with zero attached hydrogens (tertiary/aromatic N) is 1. The molecule has 0 aliphatic heterocycles. The molecule has 0 aliphatic carbocycles. The van der Waals surface area contributed by atoms with Gasteiger partial charge in [-0.25, -0.2) is 4.39 Å². The van der Waals surface area contributed by atoms with Crippen molar-refractivity contribution in [1.29, 1.82) is 0 Å². The number of likely N-dealkylation sites (N-methyl/N-ethyl adjacent to an activating group) is 1. The van der Waals surface area contributed by atoms with E-state index in [4.69, 9.17) is 0 Å². The molecule has 0 fully saturated rings. The maximum Gasteiger partial charge on any atom is 0.242 e. The molecule has 0 saturated carbocycles. The van der Waals surface area contributed by atoms with E-state index < -0.39 is 6.04 Å². The maximum atomic E-state index is 13.0. The highest BCUT2D eigenvalue weighted by Gasteiger charge is 2.25. The molecule has 132 valence electrons. The van der Waals surface area contributed by atoms with Crippen LogP contribution in [0.15, 0.2) is 48.5 Å². The lowest BCUT2D eigenvalue weighted by Gasteiger charge is -2.29. The van der Waals surface area contributed by atoms with Crippen LogP contribution in [-0.2, 0) is 22.6 Å². The van der Waals surface area contributed by atoms with Crippen LogP contribution in [0.25, 0.3) is 0 Å².